The Morgan fingerprint density at radius 2 is 1.92 bits per heavy atom. The monoisotopic (exact) mass is 392 g/mol. The van der Waals surface area contributed by atoms with Crippen LogP contribution in [0.15, 0.2) is 53.4 Å². The number of sulfonamides is 1. The van der Waals surface area contributed by atoms with Gasteiger partial charge < -0.3 is 5.32 Å². The first-order valence-corrected chi connectivity index (χ1v) is 10.4. The minimum Gasteiger partial charge on any atom is -0.321 e. The van der Waals surface area contributed by atoms with E-state index in [0.29, 0.717) is 17.3 Å². The molecule has 1 aliphatic heterocycles. The number of amides is 1. The average Bonchev–Trinajstić information content (AvgIpc) is 2.64. The second-order valence-corrected chi connectivity index (χ2v) is 8.72. The summed E-state index contributed by atoms with van der Waals surface area (Å²) < 4.78 is 27.4. The van der Waals surface area contributed by atoms with E-state index in [2.05, 4.69) is 5.32 Å². The van der Waals surface area contributed by atoms with Gasteiger partial charge in [-0.15, -0.1) is 0 Å². The van der Waals surface area contributed by atoms with Crippen LogP contribution in [0.5, 0.6) is 0 Å². The van der Waals surface area contributed by atoms with Crippen LogP contribution in [0.2, 0.25) is 5.02 Å². The molecule has 26 heavy (non-hydrogen) atoms. The minimum absolute atomic E-state index is 0.0330. The summed E-state index contributed by atoms with van der Waals surface area (Å²) in [5.41, 5.74) is 0.757. The lowest BCUT2D eigenvalue weighted by Crippen LogP contribution is -2.41. The number of benzene rings is 2. The number of carbonyl (C=O) groups is 1. The van der Waals surface area contributed by atoms with Crippen LogP contribution in [-0.2, 0) is 10.0 Å². The van der Waals surface area contributed by atoms with Crippen LogP contribution in [0.4, 0.5) is 5.69 Å². The maximum Gasteiger partial charge on any atom is 0.255 e. The van der Waals surface area contributed by atoms with Crippen molar-refractivity contribution >= 4 is 33.2 Å². The molecule has 138 valence electrons. The average molecular weight is 393 g/mol. The SMILES string of the molecule is CC1CCCCN1S(=O)(=O)c1cccc(C(=O)Nc2ccccc2Cl)c1. The van der Waals surface area contributed by atoms with Crippen molar-refractivity contribution in [2.45, 2.75) is 37.1 Å². The Morgan fingerprint density at radius 1 is 1.15 bits per heavy atom. The van der Waals surface area contributed by atoms with Gasteiger partial charge in [0.1, 0.15) is 0 Å². The molecule has 1 aliphatic rings. The van der Waals surface area contributed by atoms with Crippen molar-refractivity contribution in [3.05, 3.63) is 59.1 Å². The third kappa shape index (κ3) is 3.92. The van der Waals surface area contributed by atoms with Gasteiger partial charge >= 0.3 is 0 Å². The van der Waals surface area contributed by atoms with E-state index in [0.717, 1.165) is 19.3 Å². The largest absolute Gasteiger partial charge is 0.321 e. The number of hydrogen-bond acceptors (Lipinski definition) is 3. The second-order valence-electron chi connectivity index (χ2n) is 6.42. The molecule has 3 rings (SSSR count). The highest BCUT2D eigenvalue weighted by molar-refractivity contribution is 7.89. The van der Waals surface area contributed by atoms with Crippen molar-refractivity contribution in [2.24, 2.45) is 0 Å². The molecule has 0 aromatic heterocycles. The van der Waals surface area contributed by atoms with E-state index < -0.39 is 15.9 Å². The third-order valence-electron chi connectivity index (χ3n) is 4.57. The Hall–Kier alpha value is -1.89. The van der Waals surface area contributed by atoms with E-state index in [1.165, 1.54) is 16.4 Å². The molecule has 1 N–H and O–H groups in total. The van der Waals surface area contributed by atoms with Crippen LogP contribution < -0.4 is 5.32 Å². The first kappa shape index (κ1) is 18.9. The zero-order valence-corrected chi connectivity index (χ0v) is 16.1. The normalized spacial score (nSPS) is 18.5. The highest BCUT2D eigenvalue weighted by atomic mass is 35.5. The molecular weight excluding hydrogens is 372 g/mol. The Bertz CT molecular complexity index is 915. The lowest BCUT2D eigenvalue weighted by atomic mass is 10.1. The van der Waals surface area contributed by atoms with Gasteiger partial charge in [0.25, 0.3) is 5.91 Å². The zero-order chi connectivity index (χ0) is 18.7. The molecule has 2 aromatic carbocycles. The fraction of sp³-hybridized carbons (Fsp3) is 0.316. The van der Waals surface area contributed by atoms with E-state index in [-0.39, 0.29) is 16.5 Å². The van der Waals surface area contributed by atoms with Crippen molar-refractivity contribution < 1.29 is 13.2 Å². The molecule has 1 saturated heterocycles. The standard InChI is InChI=1S/C19H21ClN2O3S/c1-14-7-4-5-12-22(14)26(24,25)16-9-6-8-15(13-16)19(23)21-18-11-3-2-10-17(18)20/h2-3,6,8-11,13-14H,4-5,7,12H2,1H3,(H,21,23). The van der Waals surface area contributed by atoms with Crippen LogP contribution in [0.3, 0.4) is 0 Å². The number of anilines is 1. The zero-order valence-electron chi connectivity index (χ0n) is 14.5. The van der Waals surface area contributed by atoms with E-state index >= 15 is 0 Å². The molecule has 2 aromatic rings. The third-order valence-corrected chi connectivity index (χ3v) is 6.91. The van der Waals surface area contributed by atoms with Gasteiger partial charge in [0.2, 0.25) is 10.0 Å². The van der Waals surface area contributed by atoms with E-state index in [9.17, 15) is 13.2 Å². The Balaban J connectivity index is 1.86. The molecule has 7 heteroatoms. The number of rotatable bonds is 4. The Kier molecular flexibility index (Phi) is 5.65. The van der Waals surface area contributed by atoms with Gasteiger partial charge in [-0.3, -0.25) is 4.79 Å². The fourth-order valence-corrected chi connectivity index (χ4v) is 5.05. The summed E-state index contributed by atoms with van der Waals surface area (Å²) in [6.07, 6.45) is 2.75. The smallest absolute Gasteiger partial charge is 0.255 e. The first-order chi connectivity index (χ1) is 12.4. The topological polar surface area (TPSA) is 66.5 Å². The quantitative estimate of drug-likeness (QED) is 0.849. The van der Waals surface area contributed by atoms with Crippen molar-refractivity contribution in [1.29, 1.82) is 0 Å². The van der Waals surface area contributed by atoms with Gasteiger partial charge in [0.05, 0.1) is 15.6 Å². The van der Waals surface area contributed by atoms with Crippen LogP contribution in [-0.4, -0.2) is 31.2 Å². The number of nitrogens with zero attached hydrogens (tertiary/aromatic N) is 1. The summed E-state index contributed by atoms with van der Waals surface area (Å²) in [5.74, 6) is -0.401. The number of para-hydroxylation sites is 1. The van der Waals surface area contributed by atoms with Crippen molar-refractivity contribution in [3.8, 4) is 0 Å². The summed E-state index contributed by atoms with van der Waals surface area (Å²) >= 11 is 6.06. The highest BCUT2D eigenvalue weighted by Crippen LogP contribution is 2.26. The van der Waals surface area contributed by atoms with Crippen LogP contribution in [0, 0.1) is 0 Å². The predicted molar refractivity (Wildman–Crippen MR) is 103 cm³/mol. The summed E-state index contributed by atoms with van der Waals surface area (Å²) in [6, 6.07) is 13.0. The molecule has 1 amide bonds. The summed E-state index contributed by atoms with van der Waals surface area (Å²) in [6.45, 7) is 2.43. The molecule has 0 bridgehead atoms. The van der Waals surface area contributed by atoms with E-state index in [1.807, 2.05) is 6.92 Å². The molecule has 1 heterocycles. The predicted octanol–water partition coefficient (Wildman–Crippen LogP) is 4.16. The summed E-state index contributed by atoms with van der Waals surface area (Å²) in [5, 5.41) is 3.14. The fourth-order valence-electron chi connectivity index (χ4n) is 3.12. The van der Waals surface area contributed by atoms with Gasteiger partial charge in [0.15, 0.2) is 0 Å². The molecule has 0 saturated carbocycles. The molecule has 0 spiro atoms. The molecule has 1 unspecified atom stereocenters. The lowest BCUT2D eigenvalue weighted by molar-refractivity contribution is 0.102. The van der Waals surface area contributed by atoms with Crippen LogP contribution >= 0.6 is 11.6 Å². The molecule has 0 radical (unpaired) electrons. The number of hydrogen-bond donors (Lipinski definition) is 1. The van der Waals surface area contributed by atoms with Gasteiger partial charge in [-0.05, 0) is 50.1 Å². The van der Waals surface area contributed by atoms with Gasteiger partial charge in [-0.1, -0.05) is 36.2 Å². The number of piperidine rings is 1. The lowest BCUT2D eigenvalue weighted by Gasteiger charge is -2.32. The Labute approximate surface area is 159 Å². The van der Waals surface area contributed by atoms with Crippen LogP contribution in [0.1, 0.15) is 36.5 Å². The van der Waals surface area contributed by atoms with Crippen LogP contribution in [0.25, 0.3) is 0 Å². The minimum atomic E-state index is -3.62. The molecule has 1 atom stereocenters. The molecular formula is C19H21ClN2O3S. The van der Waals surface area contributed by atoms with Gasteiger partial charge in [-0.2, -0.15) is 4.31 Å². The van der Waals surface area contributed by atoms with Crippen molar-refractivity contribution in [2.75, 3.05) is 11.9 Å². The van der Waals surface area contributed by atoms with Gasteiger partial charge in [-0.25, -0.2) is 8.42 Å². The number of carbonyl (C=O) groups excluding carboxylic acids is 1. The van der Waals surface area contributed by atoms with Gasteiger partial charge in [0, 0.05) is 18.2 Å². The van der Waals surface area contributed by atoms with Crippen molar-refractivity contribution in [1.82, 2.24) is 4.31 Å². The molecule has 1 fully saturated rings. The molecule has 0 aliphatic carbocycles. The summed E-state index contributed by atoms with van der Waals surface area (Å²) in [4.78, 5) is 12.6. The second kappa shape index (κ2) is 7.78. The van der Waals surface area contributed by atoms with E-state index in [4.69, 9.17) is 11.6 Å². The molecule has 5 nitrogen and oxygen atoms in total. The van der Waals surface area contributed by atoms with E-state index in [1.54, 1.807) is 36.4 Å². The summed E-state index contributed by atoms with van der Waals surface area (Å²) in [7, 11) is -3.62. The maximum absolute atomic E-state index is 13.0. The number of nitrogens with one attached hydrogen (secondary N) is 1. The number of halogens is 1. The maximum atomic E-state index is 13.0. The first-order valence-electron chi connectivity index (χ1n) is 8.57. The Morgan fingerprint density at radius 3 is 2.65 bits per heavy atom. The highest BCUT2D eigenvalue weighted by Gasteiger charge is 2.31. The van der Waals surface area contributed by atoms with Crippen molar-refractivity contribution in [3.63, 3.8) is 0 Å².